The Labute approximate surface area is 99.4 Å². The van der Waals surface area contributed by atoms with Crippen molar-refractivity contribution >= 4 is 17.4 Å². The lowest BCUT2D eigenvalue weighted by molar-refractivity contribution is 0.531. The van der Waals surface area contributed by atoms with Crippen LogP contribution in [0.2, 0.25) is 0 Å². The van der Waals surface area contributed by atoms with Crippen LogP contribution in [0.25, 0.3) is 0 Å². The summed E-state index contributed by atoms with van der Waals surface area (Å²) >= 11 is 4.68. The van der Waals surface area contributed by atoms with E-state index in [1.54, 1.807) is 6.20 Å². The molecule has 0 bridgehead atoms. The highest BCUT2D eigenvalue weighted by Gasteiger charge is 2.09. The molecule has 2 aromatic rings. The minimum absolute atomic E-state index is 0.0152. The molecule has 0 aliphatic heterocycles. The van der Waals surface area contributed by atoms with Crippen LogP contribution in [0.15, 0.2) is 53.8 Å². The molecule has 1 aromatic carbocycles. The van der Waals surface area contributed by atoms with E-state index in [1.165, 1.54) is 0 Å². The van der Waals surface area contributed by atoms with Gasteiger partial charge in [0, 0.05) is 12.4 Å². The van der Waals surface area contributed by atoms with Gasteiger partial charge in [0.15, 0.2) is 0 Å². The van der Waals surface area contributed by atoms with Gasteiger partial charge in [0.2, 0.25) is 0 Å². The van der Waals surface area contributed by atoms with Gasteiger partial charge in [-0.3, -0.25) is 4.68 Å². The predicted molar refractivity (Wildman–Crippen MR) is 66.4 cm³/mol. The zero-order chi connectivity index (χ0) is 11.2. The molecular formula is C12H11N3S. The highest BCUT2D eigenvalue weighted by molar-refractivity contribution is 7.78. The van der Waals surface area contributed by atoms with Crippen LogP contribution < -0.4 is 0 Å². The molecule has 1 atom stereocenters. The number of aliphatic imine (C=N–C) groups is 1. The molecular weight excluding hydrogens is 218 g/mol. The summed E-state index contributed by atoms with van der Waals surface area (Å²) in [5.41, 5.74) is 1.12. The minimum Gasteiger partial charge on any atom is -0.270 e. The van der Waals surface area contributed by atoms with Crippen LogP contribution in [0, 0.1) is 0 Å². The standard InChI is InChI=1S/C12H11N3S/c16-10-13-12(9-15-8-4-7-14-15)11-5-2-1-3-6-11/h1-8,12H,9H2/t12-/m0/s1. The molecule has 1 heterocycles. The summed E-state index contributed by atoms with van der Waals surface area (Å²) in [6.07, 6.45) is 3.66. The zero-order valence-corrected chi connectivity index (χ0v) is 9.47. The smallest absolute Gasteiger partial charge is 0.105 e. The number of benzene rings is 1. The Kier molecular flexibility index (Phi) is 3.59. The van der Waals surface area contributed by atoms with Crippen molar-refractivity contribution in [3.05, 3.63) is 54.4 Å². The number of isothiocyanates is 1. The molecule has 0 unspecified atom stereocenters. The van der Waals surface area contributed by atoms with E-state index in [9.17, 15) is 0 Å². The average molecular weight is 229 g/mol. The Balaban J connectivity index is 2.21. The second-order valence-electron chi connectivity index (χ2n) is 3.37. The molecule has 0 radical (unpaired) electrons. The Morgan fingerprint density at radius 2 is 2.12 bits per heavy atom. The molecule has 0 fully saturated rings. The first-order chi connectivity index (χ1) is 7.90. The van der Waals surface area contributed by atoms with E-state index in [2.05, 4.69) is 27.5 Å². The lowest BCUT2D eigenvalue weighted by atomic mass is 10.1. The Bertz CT molecular complexity index is 472. The molecule has 0 amide bonds. The fraction of sp³-hybridized carbons (Fsp3) is 0.167. The number of thiocarbonyl (C=S) groups is 1. The predicted octanol–water partition coefficient (Wildman–Crippen LogP) is 2.73. The van der Waals surface area contributed by atoms with Gasteiger partial charge in [-0.15, -0.1) is 0 Å². The number of aromatic nitrogens is 2. The summed E-state index contributed by atoms with van der Waals surface area (Å²) in [4.78, 5) is 4.17. The second-order valence-corrected chi connectivity index (χ2v) is 3.56. The Hall–Kier alpha value is -1.77. The highest BCUT2D eigenvalue weighted by atomic mass is 32.1. The first-order valence-electron chi connectivity index (χ1n) is 4.99. The van der Waals surface area contributed by atoms with Crippen molar-refractivity contribution in [3.8, 4) is 0 Å². The molecule has 2 rings (SSSR count). The summed E-state index contributed by atoms with van der Waals surface area (Å²) in [6, 6.07) is 11.9. The third kappa shape index (κ3) is 2.63. The summed E-state index contributed by atoms with van der Waals surface area (Å²) in [5.74, 6) is 0. The van der Waals surface area contributed by atoms with Crippen molar-refractivity contribution in [1.29, 1.82) is 0 Å². The monoisotopic (exact) mass is 229 g/mol. The molecule has 80 valence electrons. The van der Waals surface area contributed by atoms with Gasteiger partial charge in [0.1, 0.15) is 6.04 Å². The zero-order valence-electron chi connectivity index (χ0n) is 8.65. The van der Waals surface area contributed by atoms with Crippen LogP contribution in [0.5, 0.6) is 0 Å². The van der Waals surface area contributed by atoms with E-state index in [4.69, 9.17) is 0 Å². The maximum atomic E-state index is 4.68. The van der Waals surface area contributed by atoms with E-state index in [0.29, 0.717) is 6.54 Å². The lowest BCUT2D eigenvalue weighted by Gasteiger charge is -2.11. The number of hydrogen-bond donors (Lipinski definition) is 0. The number of rotatable bonds is 4. The van der Waals surface area contributed by atoms with E-state index in [-0.39, 0.29) is 6.04 Å². The van der Waals surface area contributed by atoms with Crippen LogP contribution in [0.3, 0.4) is 0 Å². The van der Waals surface area contributed by atoms with E-state index in [1.807, 2.05) is 47.3 Å². The first kappa shape index (κ1) is 10.7. The fourth-order valence-electron chi connectivity index (χ4n) is 1.55. The van der Waals surface area contributed by atoms with Gasteiger partial charge in [0.25, 0.3) is 0 Å². The van der Waals surface area contributed by atoms with Crippen LogP contribution >= 0.6 is 12.2 Å². The van der Waals surface area contributed by atoms with Gasteiger partial charge in [-0.25, -0.2) is 4.99 Å². The van der Waals surface area contributed by atoms with Gasteiger partial charge >= 0.3 is 0 Å². The summed E-state index contributed by atoms with van der Waals surface area (Å²) in [7, 11) is 0. The van der Waals surface area contributed by atoms with Crippen molar-refractivity contribution < 1.29 is 0 Å². The molecule has 0 saturated heterocycles. The Morgan fingerprint density at radius 1 is 1.31 bits per heavy atom. The fourth-order valence-corrected chi connectivity index (χ4v) is 1.67. The molecule has 3 nitrogen and oxygen atoms in total. The van der Waals surface area contributed by atoms with Crippen molar-refractivity contribution in [2.45, 2.75) is 12.6 Å². The van der Waals surface area contributed by atoms with Crippen LogP contribution in [0.4, 0.5) is 0 Å². The summed E-state index contributed by atoms with van der Waals surface area (Å²) in [5, 5.41) is 6.60. The third-order valence-electron chi connectivity index (χ3n) is 2.31. The SMILES string of the molecule is S=C=N[C@@H](Cn1cccn1)c1ccccc1. The maximum Gasteiger partial charge on any atom is 0.105 e. The summed E-state index contributed by atoms with van der Waals surface area (Å²) < 4.78 is 1.84. The van der Waals surface area contributed by atoms with Gasteiger partial charge in [-0.05, 0) is 23.8 Å². The van der Waals surface area contributed by atoms with Crippen LogP contribution in [0.1, 0.15) is 11.6 Å². The molecule has 0 N–H and O–H groups in total. The van der Waals surface area contributed by atoms with Crippen molar-refractivity contribution in [2.24, 2.45) is 4.99 Å². The summed E-state index contributed by atoms with van der Waals surface area (Å²) in [6.45, 7) is 0.681. The van der Waals surface area contributed by atoms with Crippen LogP contribution in [-0.4, -0.2) is 14.9 Å². The van der Waals surface area contributed by atoms with Crippen LogP contribution in [-0.2, 0) is 6.54 Å². The molecule has 4 heteroatoms. The minimum atomic E-state index is -0.0152. The first-order valence-corrected chi connectivity index (χ1v) is 5.40. The molecule has 0 aliphatic rings. The van der Waals surface area contributed by atoms with E-state index >= 15 is 0 Å². The largest absolute Gasteiger partial charge is 0.270 e. The van der Waals surface area contributed by atoms with Gasteiger partial charge in [-0.1, -0.05) is 30.3 Å². The molecule has 0 aliphatic carbocycles. The number of hydrogen-bond acceptors (Lipinski definition) is 3. The molecule has 1 aromatic heterocycles. The molecule has 0 spiro atoms. The third-order valence-corrected chi connectivity index (χ3v) is 2.42. The second kappa shape index (κ2) is 5.35. The van der Waals surface area contributed by atoms with E-state index in [0.717, 1.165) is 5.56 Å². The van der Waals surface area contributed by atoms with Crippen molar-refractivity contribution in [2.75, 3.05) is 0 Å². The van der Waals surface area contributed by atoms with E-state index < -0.39 is 0 Å². The van der Waals surface area contributed by atoms with Crippen molar-refractivity contribution in [3.63, 3.8) is 0 Å². The maximum absolute atomic E-state index is 4.68. The van der Waals surface area contributed by atoms with Gasteiger partial charge in [-0.2, -0.15) is 5.10 Å². The van der Waals surface area contributed by atoms with Crippen molar-refractivity contribution in [1.82, 2.24) is 9.78 Å². The highest BCUT2D eigenvalue weighted by Crippen LogP contribution is 2.18. The quantitative estimate of drug-likeness (QED) is 0.596. The molecule has 0 saturated carbocycles. The normalized spacial score (nSPS) is 11.8. The molecule has 16 heavy (non-hydrogen) atoms. The number of nitrogens with zero attached hydrogens (tertiary/aromatic N) is 3. The van der Waals surface area contributed by atoms with Gasteiger partial charge < -0.3 is 0 Å². The lowest BCUT2D eigenvalue weighted by Crippen LogP contribution is -2.07. The van der Waals surface area contributed by atoms with Gasteiger partial charge in [0.05, 0.1) is 11.7 Å². The topological polar surface area (TPSA) is 30.2 Å². The Morgan fingerprint density at radius 3 is 2.75 bits per heavy atom. The average Bonchev–Trinajstić information content (AvgIpc) is 2.83.